The molecule has 1 saturated carbocycles. The van der Waals surface area contributed by atoms with Gasteiger partial charge >= 0.3 is 17.9 Å². The van der Waals surface area contributed by atoms with Crippen molar-refractivity contribution in [2.45, 2.75) is 181 Å². The number of nitrogens with one attached hydrogen (secondary N) is 2. The first-order chi connectivity index (χ1) is 44.6. The minimum Gasteiger partial charge on any atom is -0.496 e. The van der Waals surface area contributed by atoms with Crippen LogP contribution in [0, 0.1) is 17.3 Å². The van der Waals surface area contributed by atoms with Gasteiger partial charge in [0, 0.05) is 133 Å². The van der Waals surface area contributed by atoms with Gasteiger partial charge in [-0.3, -0.25) is 33.8 Å². The molecule has 5 aromatic rings. The van der Waals surface area contributed by atoms with Crippen molar-refractivity contribution in [2.75, 3.05) is 71.3 Å². The highest BCUT2D eigenvalue weighted by Crippen LogP contribution is 2.68. The lowest BCUT2D eigenvalue weighted by atomic mass is 9.47. The summed E-state index contributed by atoms with van der Waals surface area (Å²) in [7, 11) is 1.80. The van der Waals surface area contributed by atoms with Crippen LogP contribution in [0.25, 0.3) is 10.9 Å². The topological polar surface area (TPSA) is 308 Å². The number of carboxylic acid groups (broad SMARTS) is 2. The van der Waals surface area contributed by atoms with Crippen molar-refractivity contribution in [2.24, 2.45) is 17.3 Å². The molecule has 0 amide bonds. The Kier molecular flexibility index (Phi) is 19.6. The van der Waals surface area contributed by atoms with E-state index >= 15 is 9.59 Å². The number of aliphatic hydroxyl groups is 3. The number of H-pyrrole nitrogens is 1. The number of aromatic amines is 1. The molecule has 3 aromatic heterocycles. The number of benzene rings is 2. The number of likely N-dealkylation sites (N-methyl/N-ethyl adjacent to an activating group) is 2. The second-order valence-corrected chi connectivity index (χ2v) is 39.0. The van der Waals surface area contributed by atoms with Crippen LogP contribution >= 0.6 is 11.8 Å². The molecule has 0 radical (unpaired) electrons. The van der Waals surface area contributed by atoms with E-state index < -0.39 is 104 Å². The Balaban J connectivity index is 0.800. The number of aliphatic hydroxyl groups excluding tert-OH is 1. The van der Waals surface area contributed by atoms with Crippen LogP contribution in [-0.4, -0.2) is 213 Å². The summed E-state index contributed by atoms with van der Waals surface area (Å²) in [6.07, 6.45) is 11.1. The predicted molar refractivity (Wildman–Crippen MR) is 360 cm³/mol. The number of aromatic nitrogens is 6. The van der Waals surface area contributed by atoms with E-state index in [0.29, 0.717) is 112 Å². The predicted octanol–water partition coefficient (Wildman–Crippen LogP) is 6.44. The van der Waals surface area contributed by atoms with E-state index in [0.717, 1.165) is 45.0 Å². The summed E-state index contributed by atoms with van der Waals surface area (Å²) in [5.74, 6) is -4.48. The van der Waals surface area contributed by atoms with Crippen LogP contribution < -0.4 is 15.0 Å². The monoisotopic (exact) mass is 1350 g/mol. The quantitative estimate of drug-likeness (QED) is 0.00743. The minimum absolute atomic E-state index is 0.0446. The number of ketones is 2. The van der Waals surface area contributed by atoms with Gasteiger partial charge in [0.2, 0.25) is 0 Å². The van der Waals surface area contributed by atoms with E-state index in [1.165, 1.54) is 30.6 Å². The molecule has 5 aliphatic heterocycles. The number of anilines is 1. The number of carboxylic acids is 2. The van der Waals surface area contributed by atoms with Crippen LogP contribution in [0.4, 0.5) is 5.69 Å². The summed E-state index contributed by atoms with van der Waals surface area (Å²) < 4.78 is 21.2. The molecule has 2 bridgehead atoms. The highest BCUT2D eigenvalue weighted by Gasteiger charge is 2.78. The SMILES string of the molecule is CC[C@]1(O)C[C@@H]2CN(CCc3c([nH]c4ccccc34)[C@@](C(=O)OC)(c3cc4c(cc3OC)N(C)[C@H]3[C@@](O)(C(=O)CCCC[Si](C)(C)O[Si](C)(C)CSc5ncc(Cn6cc(C[C@H](CC(=O)[C@H](CC(=O)O)NC)C(=O)O)nn6)cn5)[C@H](O)[C@]5(CC)C=CCN6CC[C@]43[C@@H]65)C2)C1. The molecule has 3 fully saturated rings. The molecule has 2 saturated heterocycles. The Morgan fingerprint density at radius 3 is 2.38 bits per heavy atom. The number of rotatable bonds is 27. The summed E-state index contributed by atoms with van der Waals surface area (Å²) >= 11 is 1.52. The molecule has 1 aliphatic carbocycles. The van der Waals surface area contributed by atoms with Crippen molar-refractivity contribution in [1.82, 2.24) is 45.1 Å². The maximum absolute atomic E-state index is 15.6. The van der Waals surface area contributed by atoms with Gasteiger partial charge in [-0.25, -0.2) is 14.6 Å². The van der Waals surface area contributed by atoms with Gasteiger partial charge in [0.25, 0.3) is 0 Å². The van der Waals surface area contributed by atoms with Gasteiger partial charge < -0.3 is 54.3 Å². The van der Waals surface area contributed by atoms with Crippen LogP contribution in [0.3, 0.4) is 0 Å². The van der Waals surface area contributed by atoms with Crippen molar-refractivity contribution in [3.8, 4) is 5.75 Å². The Labute approximate surface area is 556 Å². The Hall–Kier alpha value is -6.21. The van der Waals surface area contributed by atoms with Crippen LogP contribution in [0.1, 0.15) is 112 Å². The second-order valence-electron chi connectivity index (χ2n) is 28.8. The number of unbranched alkanes of at least 4 members (excludes halogenated alkanes) is 1. The van der Waals surface area contributed by atoms with Crippen molar-refractivity contribution in [3.05, 3.63) is 101 Å². The molecule has 94 heavy (non-hydrogen) atoms. The number of ether oxygens (including phenoxy) is 2. The number of fused-ring (bicyclic) bond motifs is 6. The number of thioether (sulfide) groups is 1. The van der Waals surface area contributed by atoms with Gasteiger partial charge in [-0.05, 0) is 120 Å². The number of Topliss-reactive ketones (excluding diaryl/α,β-unsaturated/α-hetero) is 2. The minimum atomic E-state index is -2.33. The number of aliphatic carboxylic acids is 2. The van der Waals surface area contributed by atoms with Crippen LogP contribution in [0.5, 0.6) is 5.75 Å². The first kappa shape index (κ1) is 69.2. The molecule has 1 spiro atoms. The largest absolute Gasteiger partial charge is 0.496 e. The van der Waals surface area contributed by atoms with E-state index in [-0.39, 0.29) is 37.8 Å². The smallest absolute Gasteiger partial charge is 0.322 e. The molecule has 26 heteroatoms. The van der Waals surface area contributed by atoms with E-state index in [1.54, 1.807) is 25.7 Å². The molecule has 1 unspecified atom stereocenters. The third-order valence-corrected chi connectivity index (χ3v) is 31.6. The lowest BCUT2D eigenvalue weighted by Gasteiger charge is -2.63. The van der Waals surface area contributed by atoms with Gasteiger partial charge in [0.1, 0.15) is 17.3 Å². The first-order valence-corrected chi connectivity index (χ1v) is 40.5. The van der Waals surface area contributed by atoms with Gasteiger partial charge in [-0.2, -0.15) is 0 Å². The molecular weight excluding hydrogens is 1250 g/mol. The summed E-state index contributed by atoms with van der Waals surface area (Å²) in [6.45, 7) is 16.4. The molecule has 2 aromatic carbocycles. The lowest BCUT2D eigenvalue weighted by Crippen LogP contribution is -2.80. The number of carbonyl (C=O) groups excluding carboxylic acids is 3. The molecule has 7 N–H and O–H groups in total. The highest BCUT2D eigenvalue weighted by atomic mass is 32.2. The number of hydrogen-bond donors (Lipinski definition) is 7. The number of piperidine rings is 1. The Bertz CT molecular complexity index is 3720. The number of esters is 1. The van der Waals surface area contributed by atoms with Crippen LogP contribution in [-0.2, 0) is 63.0 Å². The van der Waals surface area contributed by atoms with Crippen molar-refractivity contribution < 1.29 is 63.1 Å². The summed E-state index contributed by atoms with van der Waals surface area (Å²) in [5.41, 5.74) is -0.461. The first-order valence-electron chi connectivity index (χ1n) is 33.3. The molecule has 6 aliphatic rings. The lowest BCUT2D eigenvalue weighted by molar-refractivity contribution is -0.202. The van der Waals surface area contributed by atoms with Crippen molar-refractivity contribution in [3.63, 3.8) is 0 Å². The second kappa shape index (κ2) is 26.7. The fourth-order valence-electron chi connectivity index (χ4n) is 17.8. The zero-order valence-electron chi connectivity index (χ0n) is 55.9. The molecule has 8 heterocycles. The van der Waals surface area contributed by atoms with E-state index in [9.17, 15) is 34.8 Å². The number of methoxy groups -OCH3 is 2. The van der Waals surface area contributed by atoms with Crippen molar-refractivity contribution >= 4 is 74.5 Å². The number of nitrogens with zero attached hydrogens (tertiary/aromatic N) is 8. The Morgan fingerprint density at radius 2 is 1.69 bits per heavy atom. The van der Waals surface area contributed by atoms with Gasteiger partial charge in [-0.15, -0.1) is 5.10 Å². The van der Waals surface area contributed by atoms with Crippen molar-refractivity contribution in [1.29, 1.82) is 0 Å². The average molecular weight is 1350 g/mol. The standard InChI is InChI=1S/C68H94N10O13SSi2/c1-11-64(87)33-42-34-67(62(86)90-6,57-47(21-25-76(37-42)40-64)46-18-13-14-19-50(46)72-57)49-30-48-52(32-54(49)89-5)75(4)60-66(48)23-26-77-24-17-22-65(12-2,59(66)77)61(85)68(60,88)55(80)20-15-16-27-93(7,8)91-94(9,10)41-92-63-70-35-43(36-71-63)38-78-39-45(73-74-78)28-44(58(83)84)29-53(79)51(69-3)31-56(81)82/h13-14,17-19,22,30,32,35-36,39,42,44,51,59-61,69,72,85,87-88H,11-12,15-16,20-21,23-29,31,33-34,37-38,40-41H2,1-10H3,(H,81,82)(H,83,84)/t42-,44+,51-,59-,60+,61+,64-,65+,66+,67-,68-/m0/s1. The Morgan fingerprint density at radius 1 is 0.936 bits per heavy atom. The number of carbonyl (C=O) groups is 5. The van der Waals surface area contributed by atoms with E-state index in [4.69, 9.17) is 18.7 Å². The fourth-order valence-corrected chi connectivity index (χ4v) is 28.2. The molecule has 23 nitrogen and oxygen atoms in total. The third kappa shape index (κ3) is 12.4. The molecule has 12 atom stereocenters. The molecular formula is C68H94N10O13SSi2. The fraction of sp³-hybridized carbons (Fsp3) is 0.603. The highest BCUT2D eigenvalue weighted by molar-refractivity contribution is 8.00. The normalized spacial score (nSPS) is 28.7. The number of hydrogen-bond acceptors (Lipinski definition) is 20. The van der Waals surface area contributed by atoms with Crippen LogP contribution in [0.15, 0.2) is 72.3 Å². The summed E-state index contributed by atoms with van der Waals surface area (Å²) in [5, 5.41) is 71.6. The van der Waals surface area contributed by atoms with Crippen LogP contribution in [0.2, 0.25) is 32.2 Å². The summed E-state index contributed by atoms with van der Waals surface area (Å²) in [6, 6.07) is 10.9. The maximum Gasteiger partial charge on any atom is 0.322 e. The average Bonchev–Trinajstić information content (AvgIpc) is 1.46. The summed E-state index contributed by atoms with van der Waals surface area (Å²) in [4.78, 5) is 87.2. The third-order valence-electron chi connectivity index (χ3n) is 21.8. The zero-order chi connectivity index (χ0) is 67.5. The number of para-hydroxylation sites is 1. The maximum atomic E-state index is 15.6. The molecule has 11 rings (SSSR count). The van der Waals surface area contributed by atoms with E-state index in [2.05, 4.69) is 90.9 Å². The van der Waals surface area contributed by atoms with Gasteiger partial charge in [-0.1, -0.05) is 67.6 Å². The molecule has 508 valence electrons. The van der Waals surface area contributed by atoms with Gasteiger partial charge in [0.05, 0.1) is 56.5 Å². The zero-order valence-corrected chi connectivity index (χ0v) is 58.8. The van der Waals surface area contributed by atoms with E-state index in [1.807, 2.05) is 50.1 Å². The van der Waals surface area contributed by atoms with Gasteiger partial charge in [0.15, 0.2) is 39.0 Å².